The van der Waals surface area contributed by atoms with Gasteiger partial charge in [0.2, 0.25) is 5.82 Å². The maximum Gasteiger partial charge on any atom is 0.304 e. The van der Waals surface area contributed by atoms with Crippen molar-refractivity contribution < 1.29 is 14.1 Å². The van der Waals surface area contributed by atoms with Gasteiger partial charge in [0.25, 0.3) is 5.91 Å². The summed E-state index contributed by atoms with van der Waals surface area (Å²) in [6, 6.07) is 3.13. The van der Waals surface area contributed by atoms with E-state index < -0.39 is 22.3 Å². The molecule has 21 heavy (non-hydrogen) atoms. The highest BCUT2D eigenvalue weighted by Crippen LogP contribution is 2.20. The summed E-state index contributed by atoms with van der Waals surface area (Å²) >= 11 is 1.43. The molecule has 0 bridgehead atoms. The Bertz CT molecular complexity index is 702. The van der Waals surface area contributed by atoms with Crippen LogP contribution in [0.25, 0.3) is 0 Å². The van der Waals surface area contributed by atoms with Crippen molar-refractivity contribution in [2.24, 2.45) is 0 Å². The van der Waals surface area contributed by atoms with Crippen LogP contribution in [0.5, 0.6) is 0 Å². The number of hydrogen-bond acceptors (Lipinski definition) is 5. The van der Waals surface area contributed by atoms with Gasteiger partial charge in [0.05, 0.1) is 22.7 Å². The summed E-state index contributed by atoms with van der Waals surface area (Å²) < 4.78 is 13.5. The SMILES string of the molecule is Cc1ncsc1CN(C)C(=O)c1ccc([N+](=O)[O-])c(F)c1. The Morgan fingerprint density at radius 2 is 2.24 bits per heavy atom. The molecule has 8 heteroatoms. The monoisotopic (exact) mass is 309 g/mol. The lowest BCUT2D eigenvalue weighted by Crippen LogP contribution is -2.26. The van der Waals surface area contributed by atoms with Gasteiger partial charge >= 0.3 is 5.69 Å². The number of nitro groups is 1. The van der Waals surface area contributed by atoms with Crippen LogP contribution in [0.2, 0.25) is 0 Å². The van der Waals surface area contributed by atoms with Crippen molar-refractivity contribution in [3.63, 3.8) is 0 Å². The number of carbonyl (C=O) groups is 1. The molecule has 0 aliphatic rings. The van der Waals surface area contributed by atoms with Crippen molar-refractivity contribution >= 4 is 22.9 Å². The van der Waals surface area contributed by atoms with Crippen LogP contribution in [-0.4, -0.2) is 27.8 Å². The molecule has 1 amide bonds. The third kappa shape index (κ3) is 3.22. The fourth-order valence-electron chi connectivity index (χ4n) is 1.77. The third-order valence-electron chi connectivity index (χ3n) is 2.96. The van der Waals surface area contributed by atoms with Gasteiger partial charge in [0.15, 0.2) is 0 Å². The highest BCUT2D eigenvalue weighted by Gasteiger charge is 2.19. The second kappa shape index (κ2) is 5.96. The number of hydrogen-bond donors (Lipinski definition) is 0. The van der Waals surface area contributed by atoms with Gasteiger partial charge in [-0.1, -0.05) is 0 Å². The summed E-state index contributed by atoms with van der Waals surface area (Å²) in [5.74, 6) is -1.43. The fraction of sp³-hybridized carbons (Fsp3) is 0.231. The molecular weight excluding hydrogens is 297 g/mol. The average Bonchev–Trinajstić information content (AvgIpc) is 2.82. The zero-order chi connectivity index (χ0) is 15.6. The molecule has 0 aliphatic heterocycles. The van der Waals surface area contributed by atoms with Crippen LogP contribution >= 0.6 is 11.3 Å². The molecule has 1 aromatic carbocycles. The molecule has 0 saturated carbocycles. The molecule has 0 saturated heterocycles. The van der Waals surface area contributed by atoms with Crippen molar-refractivity contribution in [1.29, 1.82) is 0 Å². The number of nitrogens with zero attached hydrogens (tertiary/aromatic N) is 3. The molecule has 0 radical (unpaired) electrons. The minimum atomic E-state index is -1.02. The number of nitro benzene ring substituents is 1. The number of aromatic nitrogens is 1. The number of carbonyl (C=O) groups excluding carboxylic acids is 1. The molecule has 0 atom stereocenters. The van der Waals surface area contributed by atoms with Crippen molar-refractivity contribution in [3.05, 3.63) is 55.8 Å². The van der Waals surface area contributed by atoms with Gasteiger partial charge in [0, 0.05) is 23.6 Å². The molecule has 0 aliphatic carbocycles. The zero-order valence-electron chi connectivity index (χ0n) is 11.4. The minimum Gasteiger partial charge on any atom is -0.336 e. The van der Waals surface area contributed by atoms with Crippen molar-refractivity contribution in [3.8, 4) is 0 Å². The number of amides is 1. The maximum atomic E-state index is 13.5. The Morgan fingerprint density at radius 1 is 1.52 bits per heavy atom. The smallest absolute Gasteiger partial charge is 0.304 e. The van der Waals surface area contributed by atoms with Gasteiger partial charge in [-0.25, -0.2) is 4.98 Å². The predicted molar refractivity (Wildman–Crippen MR) is 75.7 cm³/mol. The standard InChI is InChI=1S/C13H12FN3O3S/c1-8-12(21-7-15-8)6-16(2)13(18)9-3-4-11(17(19)20)10(14)5-9/h3-5,7H,6H2,1-2H3. The third-order valence-corrected chi connectivity index (χ3v) is 3.88. The molecule has 2 aromatic rings. The van der Waals surface area contributed by atoms with Crippen LogP contribution < -0.4 is 0 Å². The lowest BCUT2D eigenvalue weighted by Gasteiger charge is -2.16. The number of thiazole rings is 1. The number of rotatable bonds is 4. The number of halogens is 1. The number of benzene rings is 1. The lowest BCUT2D eigenvalue weighted by atomic mass is 10.1. The fourth-order valence-corrected chi connectivity index (χ4v) is 2.60. The van der Waals surface area contributed by atoms with Crippen LogP contribution in [0.3, 0.4) is 0 Å². The Morgan fingerprint density at radius 3 is 2.76 bits per heavy atom. The van der Waals surface area contributed by atoms with E-state index in [2.05, 4.69) is 4.98 Å². The van der Waals surface area contributed by atoms with E-state index in [9.17, 15) is 19.3 Å². The second-order valence-electron chi connectivity index (χ2n) is 4.45. The first-order valence-electron chi connectivity index (χ1n) is 5.98. The van der Waals surface area contributed by atoms with E-state index in [4.69, 9.17) is 0 Å². The van der Waals surface area contributed by atoms with E-state index >= 15 is 0 Å². The van der Waals surface area contributed by atoms with E-state index in [1.807, 2.05) is 6.92 Å². The molecule has 110 valence electrons. The summed E-state index contributed by atoms with van der Waals surface area (Å²) in [6.07, 6.45) is 0. The number of aryl methyl sites for hydroxylation is 1. The van der Waals surface area contributed by atoms with Crippen molar-refractivity contribution in [2.45, 2.75) is 13.5 Å². The molecular formula is C13H12FN3O3S. The van der Waals surface area contributed by atoms with E-state index in [1.165, 1.54) is 22.3 Å². The van der Waals surface area contributed by atoms with Gasteiger partial charge in [-0.3, -0.25) is 14.9 Å². The Kier molecular flexibility index (Phi) is 4.27. The van der Waals surface area contributed by atoms with Crippen LogP contribution in [0.15, 0.2) is 23.7 Å². The molecule has 1 heterocycles. The van der Waals surface area contributed by atoms with Crippen LogP contribution in [0.4, 0.5) is 10.1 Å². The molecule has 0 unspecified atom stereocenters. The molecule has 0 spiro atoms. The van der Waals surface area contributed by atoms with Crippen LogP contribution in [-0.2, 0) is 6.54 Å². The quantitative estimate of drug-likeness (QED) is 0.643. The van der Waals surface area contributed by atoms with Crippen molar-refractivity contribution in [2.75, 3.05) is 7.05 Å². The summed E-state index contributed by atoms with van der Waals surface area (Å²) in [5.41, 5.74) is 1.96. The summed E-state index contributed by atoms with van der Waals surface area (Å²) in [5, 5.41) is 10.6. The first-order valence-corrected chi connectivity index (χ1v) is 6.86. The second-order valence-corrected chi connectivity index (χ2v) is 5.38. The van der Waals surface area contributed by atoms with E-state index in [0.717, 1.165) is 22.7 Å². The van der Waals surface area contributed by atoms with Crippen LogP contribution in [0.1, 0.15) is 20.9 Å². The predicted octanol–water partition coefficient (Wildman–Crippen LogP) is 2.77. The maximum absolute atomic E-state index is 13.5. The molecule has 0 fully saturated rings. The first kappa shape index (κ1) is 15.0. The largest absolute Gasteiger partial charge is 0.336 e. The molecule has 2 rings (SSSR count). The minimum absolute atomic E-state index is 0.0720. The van der Waals surface area contributed by atoms with Crippen molar-refractivity contribution in [1.82, 2.24) is 9.88 Å². The van der Waals surface area contributed by atoms with E-state index in [1.54, 1.807) is 12.6 Å². The van der Waals surface area contributed by atoms with Gasteiger partial charge < -0.3 is 4.90 Å². The Hall–Kier alpha value is -2.35. The Labute approximate surface area is 124 Å². The van der Waals surface area contributed by atoms with Gasteiger partial charge in [-0.2, -0.15) is 4.39 Å². The van der Waals surface area contributed by atoms with Gasteiger partial charge in [0.1, 0.15) is 0 Å². The molecule has 0 N–H and O–H groups in total. The normalized spacial score (nSPS) is 10.4. The molecule has 6 nitrogen and oxygen atoms in total. The Balaban J connectivity index is 2.18. The highest BCUT2D eigenvalue weighted by atomic mass is 32.1. The first-order chi connectivity index (χ1) is 9.90. The molecule has 1 aromatic heterocycles. The highest BCUT2D eigenvalue weighted by molar-refractivity contribution is 7.09. The summed E-state index contributed by atoms with van der Waals surface area (Å²) in [7, 11) is 1.58. The van der Waals surface area contributed by atoms with E-state index in [0.29, 0.717) is 6.54 Å². The topological polar surface area (TPSA) is 76.3 Å². The average molecular weight is 309 g/mol. The zero-order valence-corrected chi connectivity index (χ0v) is 12.2. The van der Waals surface area contributed by atoms with Gasteiger partial charge in [-0.05, 0) is 19.1 Å². The summed E-state index contributed by atoms with van der Waals surface area (Å²) in [6.45, 7) is 2.20. The van der Waals surface area contributed by atoms with Gasteiger partial charge in [-0.15, -0.1) is 11.3 Å². The lowest BCUT2D eigenvalue weighted by molar-refractivity contribution is -0.387. The summed E-state index contributed by atoms with van der Waals surface area (Å²) in [4.78, 5) is 28.4. The van der Waals surface area contributed by atoms with Crippen LogP contribution in [0, 0.1) is 22.9 Å². The van der Waals surface area contributed by atoms with E-state index in [-0.39, 0.29) is 5.56 Å².